The predicted molar refractivity (Wildman–Crippen MR) is 68.5 cm³/mol. The van der Waals surface area contributed by atoms with Crippen LogP contribution in [0, 0.1) is 0 Å². The lowest BCUT2D eigenvalue weighted by Crippen LogP contribution is -2.25. The number of amides is 1. The zero-order chi connectivity index (χ0) is 12.6. The lowest BCUT2D eigenvalue weighted by molar-refractivity contribution is 0.0273. The van der Waals surface area contributed by atoms with E-state index in [2.05, 4.69) is 5.32 Å². The zero-order valence-electron chi connectivity index (χ0n) is 10.7. The van der Waals surface area contributed by atoms with Gasteiger partial charge in [0.25, 0.3) is 5.91 Å². The van der Waals surface area contributed by atoms with E-state index in [0.29, 0.717) is 18.2 Å². The molecule has 0 unspecified atom stereocenters. The highest BCUT2D eigenvalue weighted by atomic mass is 16.5. The first-order chi connectivity index (χ1) is 8.86. The molecule has 0 spiro atoms. The maximum Gasteiger partial charge on any atom is 0.254 e. The molecule has 1 saturated carbocycles. The maximum atomic E-state index is 11.6. The van der Waals surface area contributed by atoms with Crippen molar-refractivity contribution < 1.29 is 13.9 Å². The van der Waals surface area contributed by atoms with Gasteiger partial charge in [0.2, 0.25) is 0 Å². The standard InChI is InChI=1S/C14H21NO3/c16-14(12-7-10-17-11-12)15-8-4-9-18-13-5-2-1-3-6-13/h7,10-11,13H,1-6,8-9H2,(H,15,16). The molecule has 18 heavy (non-hydrogen) atoms. The van der Waals surface area contributed by atoms with E-state index in [1.165, 1.54) is 44.6 Å². The highest BCUT2D eigenvalue weighted by Gasteiger charge is 2.13. The summed E-state index contributed by atoms with van der Waals surface area (Å²) in [5, 5.41) is 2.84. The fourth-order valence-electron chi connectivity index (χ4n) is 2.25. The van der Waals surface area contributed by atoms with Crippen LogP contribution in [-0.4, -0.2) is 25.2 Å². The molecule has 1 aromatic heterocycles. The van der Waals surface area contributed by atoms with Crippen LogP contribution >= 0.6 is 0 Å². The molecule has 2 rings (SSSR count). The minimum Gasteiger partial charge on any atom is -0.472 e. The Balaban J connectivity index is 1.52. The first-order valence-corrected chi connectivity index (χ1v) is 6.78. The SMILES string of the molecule is O=C(NCCCOC1CCCCC1)c1ccoc1. The van der Waals surface area contributed by atoms with Crippen LogP contribution in [0.1, 0.15) is 48.9 Å². The van der Waals surface area contributed by atoms with Crippen LogP contribution < -0.4 is 5.32 Å². The largest absolute Gasteiger partial charge is 0.472 e. The van der Waals surface area contributed by atoms with Crippen molar-refractivity contribution in [1.29, 1.82) is 0 Å². The molecule has 1 heterocycles. The number of carbonyl (C=O) groups is 1. The van der Waals surface area contributed by atoms with E-state index in [1.807, 2.05) is 0 Å². The van der Waals surface area contributed by atoms with Crippen molar-refractivity contribution in [1.82, 2.24) is 5.32 Å². The average molecular weight is 251 g/mol. The van der Waals surface area contributed by atoms with Gasteiger partial charge in [0.05, 0.1) is 17.9 Å². The summed E-state index contributed by atoms with van der Waals surface area (Å²) in [7, 11) is 0. The highest BCUT2D eigenvalue weighted by Crippen LogP contribution is 2.20. The van der Waals surface area contributed by atoms with Crippen LogP contribution in [0.5, 0.6) is 0 Å². The molecule has 1 aromatic rings. The summed E-state index contributed by atoms with van der Waals surface area (Å²) in [5.41, 5.74) is 0.572. The number of ether oxygens (including phenoxy) is 1. The molecule has 0 radical (unpaired) electrons. The van der Waals surface area contributed by atoms with Crippen LogP contribution in [0.4, 0.5) is 0 Å². The molecule has 4 nitrogen and oxygen atoms in total. The van der Waals surface area contributed by atoms with Crippen LogP contribution in [0.3, 0.4) is 0 Å². The molecule has 1 N–H and O–H groups in total. The van der Waals surface area contributed by atoms with Gasteiger partial charge in [-0.25, -0.2) is 0 Å². The summed E-state index contributed by atoms with van der Waals surface area (Å²) in [4.78, 5) is 11.6. The first kappa shape index (κ1) is 13.1. The Morgan fingerprint density at radius 2 is 2.22 bits per heavy atom. The summed E-state index contributed by atoms with van der Waals surface area (Å²) in [6, 6.07) is 1.66. The van der Waals surface area contributed by atoms with Crippen LogP contribution in [-0.2, 0) is 4.74 Å². The van der Waals surface area contributed by atoms with Gasteiger partial charge in [-0.05, 0) is 25.3 Å². The second-order valence-electron chi connectivity index (χ2n) is 4.75. The smallest absolute Gasteiger partial charge is 0.254 e. The third kappa shape index (κ3) is 4.18. The number of carbonyl (C=O) groups excluding carboxylic acids is 1. The van der Waals surface area contributed by atoms with Gasteiger partial charge in [-0.2, -0.15) is 0 Å². The number of nitrogens with one attached hydrogen (secondary N) is 1. The van der Waals surface area contributed by atoms with Crippen molar-refractivity contribution >= 4 is 5.91 Å². The molecule has 100 valence electrons. The van der Waals surface area contributed by atoms with E-state index < -0.39 is 0 Å². The Hall–Kier alpha value is -1.29. The fourth-order valence-corrected chi connectivity index (χ4v) is 2.25. The number of hydrogen-bond acceptors (Lipinski definition) is 3. The fraction of sp³-hybridized carbons (Fsp3) is 0.643. The summed E-state index contributed by atoms with van der Waals surface area (Å²) in [6.07, 6.45) is 10.6. The number of hydrogen-bond donors (Lipinski definition) is 1. The third-order valence-corrected chi connectivity index (χ3v) is 3.30. The van der Waals surface area contributed by atoms with E-state index in [0.717, 1.165) is 13.0 Å². The molecule has 1 amide bonds. The van der Waals surface area contributed by atoms with Gasteiger partial charge in [0, 0.05) is 13.2 Å². The van der Waals surface area contributed by atoms with Gasteiger partial charge in [0.1, 0.15) is 6.26 Å². The Bertz CT molecular complexity index is 342. The lowest BCUT2D eigenvalue weighted by atomic mass is 9.98. The van der Waals surface area contributed by atoms with Gasteiger partial charge in [-0.3, -0.25) is 4.79 Å². The minimum absolute atomic E-state index is 0.0820. The second kappa shape index (κ2) is 7.21. The van der Waals surface area contributed by atoms with Crippen molar-refractivity contribution in [2.45, 2.75) is 44.6 Å². The van der Waals surface area contributed by atoms with Crippen molar-refractivity contribution in [2.24, 2.45) is 0 Å². The molecule has 1 aliphatic rings. The molecule has 0 saturated heterocycles. The van der Waals surface area contributed by atoms with Gasteiger partial charge < -0.3 is 14.5 Å². The molecule has 0 atom stereocenters. The summed E-state index contributed by atoms with van der Waals surface area (Å²) in [5.74, 6) is -0.0820. The van der Waals surface area contributed by atoms with Gasteiger partial charge in [0.15, 0.2) is 0 Å². The van der Waals surface area contributed by atoms with Crippen LogP contribution in [0.2, 0.25) is 0 Å². The predicted octanol–water partition coefficient (Wildman–Crippen LogP) is 2.75. The monoisotopic (exact) mass is 251 g/mol. The molecule has 0 aliphatic heterocycles. The quantitative estimate of drug-likeness (QED) is 0.791. The zero-order valence-corrected chi connectivity index (χ0v) is 10.7. The van der Waals surface area contributed by atoms with Crippen LogP contribution in [0.15, 0.2) is 23.0 Å². The highest BCUT2D eigenvalue weighted by molar-refractivity contribution is 5.93. The second-order valence-corrected chi connectivity index (χ2v) is 4.75. The molecule has 0 bridgehead atoms. The lowest BCUT2D eigenvalue weighted by Gasteiger charge is -2.21. The van der Waals surface area contributed by atoms with Gasteiger partial charge in [-0.15, -0.1) is 0 Å². The molecule has 1 aliphatic carbocycles. The maximum absolute atomic E-state index is 11.6. The molecular formula is C14H21NO3. The normalized spacial score (nSPS) is 16.7. The van der Waals surface area contributed by atoms with Crippen LogP contribution in [0.25, 0.3) is 0 Å². The van der Waals surface area contributed by atoms with E-state index in [9.17, 15) is 4.79 Å². The molecular weight excluding hydrogens is 230 g/mol. The Labute approximate surface area is 108 Å². The van der Waals surface area contributed by atoms with Gasteiger partial charge >= 0.3 is 0 Å². The molecule has 0 aromatic carbocycles. The molecule has 4 heteroatoms. The van der Waals surface area contributed by atoms with Crippen molar-refractivity contribution in [3.8, 4) is 0 Å². The van der Waals surface area contributed by atoms with E-state index in [1.54, 1.807) is 6.07 Å². The Morgan fingerprint density at radius 1 is 1.39 bits per heavy atom. The van der Waals surface area contributed by atoms with E-state index >= 15 is 0 Å². The van der Waals surface area contributed by atoms with Crippen molar-refractivity contribution in [2.75, 3.05) is 13.2 Å². The number of furan rings is 1. The minimum atomic E-state index is -0.0820. The third-order valence-electron chi connectivity index (χ3n) is 3.30. The Kier molecular flexibility index (Phi) is 5.27. The number of rotatable bonds is 6. The topological polar surface area (TPSA) is 51.5 Å². The van der Waals surface area contributed by atoms with Crippen molar-refractivity contribution in [3.05, 3.63) is 24.2 Å². The first-order valence-electron chi connectivity index (χ1n) is 6.78. The molecule has 1 fully saturated rings. The van der Waals surface area contributed by atoms with E-state index in [-0.39, 0.29) is 5.91 Å². The van der Waals surface area contributed by atoms with Crippen molar-refractivity contribution in [3.63, 3.8) is 0 Å². The summed E-state index contributed by atoms with van der Waals surface area (Å²) >= 11 is 0. The van der Waals surface area contributed by atoms with Gasteiger partial charge in [-0.1, -0.05) is 19.3 Å². The summed E-state index contributed by atoms with van der Waals surface area (Å²) < 4.78 is 10.6. The summed E-state index contributed by atoms with van der Waals surface area (Å²) in [6.45, 7) is 1.38. The van der Waals surface area contributed by atoms with E-state index in [4.69, 9.17) is 9.15 Å². The average Bonchev–Trinajstić information content (AvgIpc) is 2.93. The Morgan fingerprint density at radius 3 is 2.94 bits per heavy atom.